The molecule has 5 aromatic rings. The van der Waals surface area contributed by atoms with Crippen molar-refractivity contribution in [2.75, 3.05) is 26.3 Å². The van der Waals surface area contributed by atoms with E-state index < -0.39 is 17.7 Å². The highest BCUT2D eigenvalue weighted by atomic mass is 16.6. The molecule has 2 aromatic heterocycles. The summed E-state index contributed by atoms with van der Waals surface area (Å²) >= 11 is 0. The quantitative estimate of drug-likeness (QED) is 0.160. The molecule has 1 aliphatic heterocycles. The van der Waals surface area contributed by atoms with E-state index in [9.17, 15) is 14.7 Å². The summed E-state index contributed by atoms with van der Waals surface area (Å²) in [6.07, 6.45) is 3.18. The Bertz CT molecular complexity index is 1910. The van der Waals surface area contributed by atoms with Crippen molar-refractivity contribution in [1.82, 2.24) is 19.2 Å². The lowest BCUT2D eigenvalue weighted by Crippen LogP contribution is -2.40. The molecule has 1 N–H and O–H groups in total. The van der Waals surface area contributed by atoms with Crippen LogP contribution in [0.3, 0.4) is 0 Å². The van der Waals surface area contributed by atoms with Gasteiger partial charge in [-0.3, -0.25) is 4.68 Å². The maximum Gasteiger partial charge on any atom is 0.410 e. The first-order valence-electron chi connectivity index (χ1n) is 16.2. The Hall–Kier alpha value is -4.83. The number of aromatic nitrogens is 3. The van der Waals surface area contributed by atoms with Crippen LogP contribution in [0, 0.1) is 0 Å². The minimum Gasteiger partial charge on any atom is -0.493 e. The Morgan fingerprint density at radius 2 is 1.74 bits per heavy atom. The van der Waals surface area contributed by atoms with Crippen LogP contribution < -0.4 is 4.74 Å². The number of carbonyl (C=O) groups is 2. The molecular weight excluding hydrogens is 596 g/mol. The third-order valence-corrected chi connectivity index (χ3v) is 8.52. The fourth-order valence-corrected chi connectivity index (χ4v) is 6.39. The number of carbonyl (C=O) groups excluding carboxylic acids is 2. The van der Waals surface area contributed by atoms with Gasteiger partial charge in [-0.25, -0.2) is 9.59 Å². The van der Waals surface area contributed by atoms with Gasteiger partial charge in [0.2, 0.25) is 0 Å². The Morgan fingerprint density at radius 3 is 2.55 bits per heavy atom. The first-order valence-corrected chi connectivity index (χ1v) is 16.2. The highest BCUT2D eigenvalue weighted by Gasteiger charge is 2.29. The van der Waals surface area contributed by atoms with Gasteiger partial charge in [0.15, 0.2) is 0 Å². The van der Waals surface area contributed by atoms with Gasteiger partial charge in [0, 0.05) is 42.0 Å². The van der Waals surface area contributed by atoms with Crippen LogP contribution in [0.1, 0.15) is 55.4 Å². The van der Waals surface area contributed by atoms with E-state index in [-0.39, 0.29) is 19.8 Å². The molecule has 246 valence electrons. The summed E-state index contributed by atoms with van der Waals surface area (Å²) < 4.78 is 21.4. The Balaban J connectivity index is 1.36. The normalized spacial score (nSPS) is 14.2. The number of fused-ring (bicyclic) bond motifs is 4. The average Bonchev–Trinajstić information content (AvgIpc) is 3.58. The van der Waals surface area contributed by atoms with Crippen molar-refractivity contribution >= 4 is 33.7 Å². The molecule has 0 radical (unpaired) electrons. The van der Waals surface area contributed by atoms with Crippen molar-refractivity contribution in [2.45, 2.75) is 58.8 Å². The van der Waals surface area contributed by atoms with Gasteiger partial charge in [-0.2, -0.15) is 5.10 Å². The first-order chi connectivity index (χ1) is 22.7. The number of amides is 1. The molecule has 3 heterocycles. The van der Waals surface area contributed by atoms with Gasteiger partial charge >= 0.3 is 12.1 Å². The van der Waals surface area contributed by atoms with Crippen molar-refractivity contribution in [2.24, 2.45) is 7.05 Å². The average molecular weight is 639 g/mol. The molecular formula is C37H42N4O6. The lowest BCUT2D eigenvalue weighted by molar-refractivity contribution is 0.0152. The summed E-state index contributed by atoms with van der Waals surface area (Å²) in [5, 5.41) is 17.8. The number of ether oxygens (including phenoxy) is 3. The van der Waals surface area contributed by atoms with Crippen molar-refractivity contribution in [3.8, 4) is 16.9 Å². The third-order valence-electron chi connectivity index (χ3n) is 8.52. The maximum absolute atomic E-state index is 13.9. The summed E-state index contributed by atoms with van der Waals surface area (Å²) in [6.45, 7) is 7.00. The molecule has 0 spiro atoms. The highest BCUT2D eigenvalue weighted by molar-refractivity contribution is 6.04. The summed E-state index contributed by atoms with van der Waals surface area (Å²) in [4.78, 5) is 28.5. The standard InChI is InChI=1S/C37H42N4O6/c1-37(2,3)47-36(44)40-18-10-19-41-33-27(14-8-15-29(33)30-23-38-39(4)31(30)24-42)28(34(41)35(43)46-22-20-40)16-9-21-45-32-17-7-12-25-11-5-6-13-26(25)32/h5-8,11-15,17,23,42H,9-10,16,18-22,24H2,1-4H3. The fraction of sp³-hybridized carbons (Fsp3) is 0.378. The Morgan fingerprint density at radius 1 is 0.979 bits per heavy atom. The minimum atomic E-state index is -0.637. The molecule has 10 heteroatoms. The molecule has 0 saturated heterocycles. The lowest BCUT2D eigenvalue weighted by atomic mass is 10.00. The van der Waals surface area contributed by atoms with Crippen LogP contribution in [0.15, 0.2) is 66.9 Å². The molecule has 47 heavy (non-hydrogen) atoms. The molecule has 0 bridgehead atoms. The zero-order chi connectivity index (χ0) is 33.1. The van der Waals surface area contributed by atoms with Crippen LogP contribution in [0.4, 0.5) is 4.79 Å². The molecule has 6 rings (SSSR count). The second-order valence-corrected chi connectivity index (χ2v) is 12.9. The van der Waals surface area contributed by atoms with E-state index in [4.69, 9.17) is 14.2 Å². The van der Waals surface area contributed by atoms with E-state index in [1.165, 1.54) is 0 Å². The topological polar surface area (TPSA) is 108 Å². The van der Waals surface area contributed by atoms with Crippen molar-refractivity contribution in [3.63, 3.8) is 0 Å². The number of benzene rings is 3. The third kappa shape index (κ3) is 6.69. The number of hydrogen-bond acceptors (Lipinski definition) is 7. The second kappa shape index (κ2) is 13.5. The van der Waals surface area contributed by atoms with Crippen LogP contribution in [0.25, 0.3) is 32.8 Å². The smallest absolute Gasteiger partial charge is 0.410 e. The second-order valence-electron chi connectivity index (χ2n) is 12.9. The number of rotatable bonds is 7. The molecule has 1 aliphatic rings. The lowest BCUT2D eigenvalue weighted by Gasteiger charge is -2.28. The molecule has 0 saturated carbocycles. The van der Waals surface area contributed by atoms with Gasteiger partial charge in [0.25, 0.3) is 0 Å². The number of aryl methyl sites for hydroxylation is 3. The van der Waals surface area contributed by atoms with Crippen LogP contribution in [0.2, 0.25) is 0 Å². The molecule has 1 amide bonds. The Kier molecular flexibility index (Phi) is 9.22. The van der Waals surface area contributed by atoms with Gasteiger partial charge in [0.1, 0.15) is 23.7 Å². The number of esters is 1. The number of aliphatic hydroxyl groups excluding tert-OH is 1. The number of cyclic esters (lactones) is 1. The molecule has 3 aromatic carbocycles. The monoisotopic (exact) mass is 638 g/mol. The summed E-state index contributed by atoms with van der Waals surface area (Å²) in [5.41, 5.74) is 3.99. The van der Waals surface area contributed by atoms with Crippen molar-refractivity contribution < 1.29 is 28.9 Å². The molecule has 0 atom stereocenters. The van der Waals surface area contributed by atoms with Crippen molar-refractivity contribution in [1.29, 1.82) is 0 Å². The minimum absolute atomic E-state index is 0.0490. The predicted octanol–water partition coefficient (Wildman–Crippen LogP) is 6.50. The molecule has 0 unspecified atom stereocenters. The van der Waals surface area contributed by atoms with Crippen LogP contribution >= 0.6 is 0 Å². The largest absolute Gasteiger partial charge is 0.493 e. The number of aliphatic hydroxyl groups is 1. The van der Waals surface area contributed by atoms with Crippen molar-refractivity contribution in [3.05, 3.63) is 83.8 Å². The van der Waals surface area contributed by atoms with E-state index >= 15 is 0 Å². The van der Waals surface area contributed by atoms with E-state index in [0.717, 1.165) is 44.1 Å². The van der Waals surface area contributed by atoms with E-state index in [1.54, 1.807) is 22.8 Å². The van der Waals surface area contributed by atoms with Gasteiger partial charge in [-0.05, 0) is 57.0 Å². The highest BCUT2D eigenvalue weighted by Crippen LogP contribution is 2.37. The summed E-state index contributed by atoms with van der Waals surface area (Å²) in [7, 11) is 1.80. The predicted molar refractivity (Wildman–Crippen MR) is 181 cm³/mol. The van der Waals surface area contributed by atoms with Gasteiger partial charge in [0.05, 0.1) is 37.2 Å². The summed E-state index contributed by atoms with van der Waals surface area (Å²) in [6, 6.07) is 20.2. The maximum atomic E-state index is 13.9. The molecule has 0 fully saturated rings. The zero-order valence-electron chi connectivity index (χ0n) is 27.5. The zero-order valence-corrected chi connectivity index (χ0v) is 27.5. The van der Waals surface area contributed by atoms with Crippen LogP contribution in [0.5, 0.6) is 5.75 Å². The fourth-order valence-electron chi connectivity index (χ4n) is 6.39. The summed E-state index contributed by atoms with van der Waals surface area (Å²) in [5.74, 6) is 0.397. The van der Waals surface area contributed by atoms with E-state index in [0.29, 0.717) is 50.3 Å². The SMILES string of the molecule is Cn1ncc(-c2cccc3c(CCCOc4cccc5ccccc45)c4n(c23)CCCN(C(=O)OC(C)(C)C)CCOC4=O)c1CO. The Labute approximate surface area is 274 Å². The van der Waals surface area contributed by atoms with E-state index in [1.807, 2.05) is 67.8 Å². The van der Waals surface area contributed by atoms with Gasteiger partial charge in [-0.15, -0.1) is 0 Å². The number of hydrogen-bond donors (Lipinski definition) is 1. The molecule has 0 aliphatic carbocycles. The first kappa shape index (κ1) is 32.1. The van der Waals surface area contributed by atoms with Crippen LogP contribution in [-0.4, -0.2) is 68.3 Å². The number of para-hydroxylation sites is 1. The van der Waals surface area contributed by atoms with Gasteiger partial charge in [-0.1, -0.05) is 54.6 Å². The molecule has 10 nitrogen and oxygen atoms in total. The van der Waals surface area contributed by atoms with Gasteiger partial charge < -0.3 is 28.8 Å². The number of nitrogens with zero attached hydrogens (tertiary/aromatic N) is 4. The van der Waals surface area contributed by atoms with Crippen LogP contribution in [-0.2, 0) is 36.1 Å². The van der Waals surface area contributed by atoms with E-state index in [2.05, 4.69) is 23.3 Å².